The summed E-state index contributed by atoms with van der Waals surface area (Å²) in [7, 11) is 0. The van der Waals surface area contributed by atoms with Gasteiger partial charge in [0.2, 0.25) is 0 Å². The van der Waals surface area contributed by atoms with Crippen molar-refractivity contribution in [2.24, 2.45) is 0 Å². The standard InChI is InChI=1S/C22H17ClN4O/c23-18-11-4-5-12-20(18)27-21(14-19(26-27)16-8-2-1-3-9-16)22(28)25-15-17-10-6-7-13-24-17/h1-14H,15H2,(H,25,28). The highest BCUT2D eigenvalue weighted by atomic mass is 35.5. The number of nitrogens with one attached hydrogen (secondary N) is 1. The van der Waals surface area contributed by atoms with Gasteiger partial charge in [0.25, 0.3) is 5.91 Å². The zero-order valence-corrected chi connectivity index (χ0v) is 15.7. The molecule has 5 nitrogen and oxygen atoms in total. The summed E-state index contributed by atoms with van der Waals surface area (Å²) in [6.07, 6.45) is 1.70. The molecule has 4 rings (SSSR count). The number of hydrogen-bond donors (Lipinski definition) is 1. The molecule has 0 saturated carbocycles. The minimum Gasteiger partial charge on any atom is -0.345 e. The summed E-state index contributed by atoms with van der Waals surface area (Å²) in [5, 5.41) is 8.07. The van der Waals surface area contributed by atoms with E-state index in [-0.39, 0.29) is 5.91 Å². The number of aromatic nitrogens is 3. The zero-order valence-electron chi connectivity index (χ0n) is 14.9. The third-order valence-corrected chi connectivity index (χ3v) is 4.57. The number of pyridine rings is 1. The molecule has 1 N–H and O–H groups in total. The lowest BCUT2D eigenvalue weighted by atomic mass is 10.1. The van der Waals surface area contributed by atoms with Crippen molar-refractivity contribution in [2.45, 2.75) is 6.54 Å². The molecule has 0 spiro atoms. The third-order valence-electron chi connectivity index (χ3n) is 4.25. The minimum absolute atomic E-state index is 0.250. The van der Waals surface area contributed by atoms with E-state index in [0.29, 0.717) is 28.6 Å². The quantitative estimate of drug-likeness (QED) is 0.547. The van der Waals surface area contributed by atoms with Gasteiger partial charge in [-0.1, -0.05) is 60.1 Å². The van der Waals surface area contributed by atoms with Crippen LogP contribution in [0.1, 0.15) is 16.2 Å². The maximum atomic E-state index is 12.9. The Bertz CT molecular complexity index is 1090. The Morgan fingerprint density at radius 3 is 2.46 bits per heavy atom. The van der Waals surface area contributed by atoms with Crippen LogP contribution >= 0.6 is 11.6 Å². The summed E-state index contributed by atoms with van der Waals surface area (Å²) in [6.45, 7) is 0.327. The Morgan fingerprint density at radius 2 is 1.71 bits per heavy atom. The molecule has 28 heavy (non-hydrogen) atoms. The Morgan fingerprint density at radius 1 is 0.964 bits per heavy atom. The van der Waals surface area contributed by atoms with Gasteiger partial charge in [-0.15, -0.1) is 0 Å². The molecular formula is C22H17ClN4O. The van der Waals surface area contributed by atoms with Gasteiger partial charge in [0, 0.05) is 11.8 Å². The molecule has 2 aromatic carbocycles. The summed E-state index contributed by atoms with van der Waals surface area (Å²) in [5.41, 5.74) is 3.45. The average molecular weight is 389 g/mol. The zero-order chi connectivity index (χ0) is 19.3. The normalized spacial score (nSPS) is 10.6. The average Bonchev–Trinajstić information content (AvgIpc) is 3.19. The second-order valence-corrected chi connectivity index (χ2v) is 6.56. The smallest absolute Gasteiger partial charge is 0.270 e. The lowest BCUT2D eigenvalue weighted by molar-refractivity contribution is 0.0942. The Kier molecular flexibility index (Phi) is 5.17. The van der Waals surface area contributed by atoms with Crippen LogP contribution in [0.2, 0.25) is 5.02 Å². The van der Waals surface area contributed by atoms with Crippen molar-refractivity contribution in [3.63, 3.8) is 0 Å². The van der Waals surface area contributed by atoms with Crippen LogP contribution in [0.15, 0.2) is 85.1 Å². The number of carbonyl (C=O) groups excluding carboxylic acids is 1. The van der Waals surface area contributed by atoms with Crippen molar-refractivity contribution >= 4 is 17.5 Å². The van der Waals surface area contributed by atoms with Crippen LogP contribution in [-0.2, 0) is 6.54 Å². The molecule has 1 amide bonds. The fourth-order valence-corrected chi connectivity index (χ4v) is 3.08. The molecule has 0 aliphatic heterocycles. The van der Waals surface area contributed by atoms with E-state index >= 15 is 0 Å². The van der Waals surface area contributed by atoms with Crippen LogP contribution in [0.25, 0.3) is 16.9 Å². The number of para-hydroxylation sites is 1. The molecule has 0 atom stereocenters. The molecule has 0 bridgehead atoms. The highest BCUT2D eigenvalue weighted by Gasteiger charge is 2.19. The van der Waals surface area contributed by atoms with Gasteiger partial charge in [-0.2, -0.15) is 5.10 Å². The number of hydrogen-bond acceptors (Lipinski definition) is 3. The molecule has 0 aliphatic carbocycles. The second kappa shape index (κ2) is 8.06. The van der Waals surface area contributed by atoms with E-state index in [0.717, 1.165) is 11.3 Å². The third kappa shape index (κ3) is 3.80. The fourth-order valence-electron chi connectivity index (χ4n) is 2.86. The van der Waals surface area contributed by atoms with Gasteiger partial charge in [-0.05, 0) is 30.3 Å². The molecule has 6 heteroatoms. The van der Waals surface area contributed by atoms with Crippen molar-refractivity contribution in [1.29, 1.82) is 0 Å². The number of amides is 1. The van der Waals surface area contributed by atoms with Crippen molar-refractivity contribution in [3.8, 4) is 16.9 Å². The summed E-state index contributed by atoms with van der Waals surface area (Å²) >= 11 is 6.36. The highest BCUT2D eigenvalue weighted by Crippen LogP contribution is 2.25. The van der Waals surface area contributed by atoms with Crippen molar-refractivity contribution in [2.75, 3.05) is 0 Å². The van der Waals surface area contributed by atoms with Crippen molar-refractivity contribution in [1.82, 2.24) is 20.1 Å². The van der Waals surface area contributed by atoms with Gasteiger partial charge in [-0.25, -0.2) is 4.68 Å². The van der Waals surface area contributed by atoms with Gasteiger partial charge in [0.05, 0.1) is 28.6 Å². The molecule has 2 heterocycles. The fraction of sp³-hybridized carbons (Fsp3) is 0.0455. The first-order valence-electron chi connectivity index (χ1n) is 8.81. The topological polar surface area (TPSA) is 59.8 Å². The van der Waals surface area contributed by atoms with Crippen LogP contribution in [0.4, 0.5) is 0 Å². The molecule has 0 aliphatic rings. The first-order valence-corrected chi connectivity index (χ1v) is 9.18. The highest BCUT2D eigenvalue weighted by molar-refractivity contribution is 6.32. The predicted octanol–water partition coefficient (Wildman–Crippen LogP) is 4.52. The van der Waals surface area contributed by atoms with E-state index in [1.165, 1.54) is 0 Å². The lowest BCUT2D eigenvalue weighted by Crippen LogP contribution is -2.25. The monoisotopic (exact) mass is 388 g/mol. The number of benzene rings is 2. The molecule has 4 aromatic rings. The number of nitrogens with zero attached hydrogens (tertiary/aromatic N) is 3. The summed E-state index contributed by atoms with van der Waals surface area (Å²) < 4.78 is 1.58. The van der Waals surface area contributed by atoms with Gasteiger partial charge < -0.3 is 5.32 Å². The number of rotatable bonds is 5. The summed E-state index contributed by atoms with van der Waals surface area (Å²) in [4.78, 5) is 17.2. The van der Waals surface area contributed by atoms with E-state index in [1.807, 2.05) is 66.7 Å². The van der Waals surface area contributed by atoms with Gasteiger partial charge in [-0.3, -0.25) is 9.78 Å². The first kappa shape index (κ1) is 17.9. The Labute approximate surface area is 167 Å². The lowest BCUT2D eigenvalue weighted by Gasteiger charge is -2.09. The van der Waals surface area contributed by atoms with Crippen LogP contribution in [-0.4, -0.2) is 20.7 Å². The molecule has 0 radical (unpaired) electrons. The second-order valence-electron chi connectivity index (χ2n) is 6.15. The molecule has 0 saturated heterocycles. The van der Waals surface area contributed by atoms with E-state index in [1.54, 1.807) is 23.0 Å². The molecule has 138 valence electrons. The number of carbonyl (C=O) groups is 1. The van der Waals surface area contributed by atoms with Gasteiger partial charge in [0.15, 0.2) is 0 Å². The van der Waals surface area contributed by atoms with Crippen molar-refractivity contribution < 1.29 is 4.79 Å². The van der Waals surface area contributed by atoms with Crippen LogP contribution in [0, 0.1) is 0 Å². The van der Waals surface area contributed by atoms with Gasteiger partial charge in [0.1, 0.15) is 5.69 Å². The van der Waals surface area contributed by atoms with Crippen LogP contribution in [0.3, 0.4) is 0 Å². The Hall–Kier alpha value is -3.44. The Balaban J connectivity index is 1.71. The van der Waals surface area contributed by atoms with E-state index in [2.05, 4.69) is 15.4 Å². The first-order chi connectivity index (χ1) is 13.7. The summed E-state index contributed by atoms with van der Waals surface area (Å²) in [6, 6.07) is 24.4. The largest absolute Gasteiger partial charge is 0.345 e. The molecule has 0 unspecified atom stereocenters. The molecule has 2 aromatic heterocycles. The maximum absolute atomic E-state index is 12.9. The van der Waals surface area contributed by atoms with Gasteiger partial charge >= 0.3 is 0 Å². The van der Waals surface area contributed by atoms with E-state index in [4.69, 9.17) is 11.6 Å². The maximum Gasteiger partial charge on any atom is 0.270 e. The van der Waals surface area contributed by atoms with Crippen LogP contribution < -0.4 is 5.32 Å². The number of halogens is 1. The molecular weight excluding hydrogens is 372 g/mol. The SMILES string of the molecule is O=C(NCc1ccccn1)c1cc(-c2ccccc2)nn1-c1ccccc1Cl. The van der Waals surface area contributed by atoms with E-state index in [9.17, 15) is 4.79 Å². The predicted molar refractivity (Wildman–Crippen MR) is 109 cm³/mol. The van der Waals surface area contributed by atoms with Crippen molar-refractivity contribution in [3.05, 3.63) is 101 Å². The van der Waals surface area contributed by atoms with Crippen LogP contribution in [0.5, 0.6) is 0 Å². The summed E-state index contributed by atoms with van der Waals surface area (Å²) in [5.74, 6) is -0.250. The molecule has 0 fully saturated rings. The van der Waals surface area contributed by atoms with E-state index < -0.39 is 0 Å². The minimum atomic E-state index is -0.250.